The summed E-state index contributed by atoms with van der Waals surface area (Å²) in [5, 5.41) is 0. The van der Waals surface area contributed by atoms with Crippen molar-refractivity contribution in [3.8, 4) is 0 Å². The molecule has 0 radical (unpaired) electrons. The first-order valence-corrected chi connectivity index (χ1v) is 2.63. The van der Waals surface area contributed by atoms with Crippen LogP contribution in [0.15, 0.2) is 0 Å². The van der Waals surface area contributed by atoms with Gasteiger partial charge in [0.1, 0.15) is 0 Å². The number of rotatable bonds is 3. The summed E-state index contributed by atoms with van der Waals surface area (Å²) in [5.74, 6) is -2.89. The number of esters is 1. The standard InChI is InChI=1S/C6H7O4.W/c1-4(3-7)5(8)6(9)10-2;/h4H,1-2H3;/q-1;. The first-order valence-electron chi connectivity index (χ1n) is 2.63. The number of carbonyl (C=O) groups is 2. The summed E-state index contributed by atoms with van der Waals surface area (Å²) in [6.07, 6.45) is 1.38. The van der Waals surface area contributed by atoms with Crippen LogP contribution < -0.4 is 0 Å². The molecule has 1 unspecified atom stereocenters. The Morgan fingerprint density at radius 3 is 2.18 bits per heavy atom. The number of Topliss-reactive ketones (excluding diaryl/α,β-unsaturated/α-hetero) is 1. The van der Waals surface area contributed by atoms with Crippen molar-refractivity contribution in [1.29, 1.82) is 0 Å². The molecule has 1 atom stereocenters. The summed E-state index contributed by atoms with van der Waals surface area (Å²) in [7, 11) is 1.08. The van der Waals surface area contributed by atoms with Crippen LogP contribution in [0, 0.1) is 5.92 Å². The molecule has 0 aliphatic carbocycles. The van der Waals surface area contributed by atoms with E-state index in [-0.39, 0.29) is 21.1 Å². The second kappa shape index (κ2) is 6.22. The Bertz CT molecular complexity index is 166. The Hall–Kier alpha value is -0.502. The van der Waals surface area contributed by atoms with Gasteiger partial charge in [-0.1, -0.05) is 12.8 Å². The van der Waals surface area contributed by atoms with Gasteiger partial charge in [0.2, 0.25) is 5.78 Å². The van der Waals surface area contributed by atoms with Gasteiger partial charge in [-0.2, -0.15) is 0 Å². The Labute approximate surface area is 78.6 Å². The van der Waals surface area contributed by atoms with E-state index in [4.69, 9.17) is 0 Å². The van der Waals surface area contributed by atoms with Crippen molar-refractivity contribution >= 4 is 18.0 Å². The van der Waals surface area contributed by atoms with Gasteiger partial charge < -0.3 is 9.53 Å². The molecule has 5 heteroatoms. The molecule has 0 saturated heterocycles. The van der Waals surface area contributed by atoms with Crippen LogP contribution in [0.5, 0.6) is 0 Å². The van der Waals surface area contributed by atoms with Crippen molar-refractivity contribution in [2.24, 2.45) is 5.92 Å². The van der Waals surface area contributed by atoms with Crippen molar-refractivity contribution in [1.82, 2.24) is 0 Å². The maximum Gasteiger partial charge on any atom is 0.372 e. The van der Waals surface area contributed by atoms with Crippen molar-refractivity contribution in [3.63, 3.8) is 0 Å². The largest absolute Gasteiger partial charge is 0.541 e. The predicted molar refractivity (Wildman–Crippen MR) is 31.9 cm³/mol. The molecule has 0 aromatic carbocycles. The third-order valence-electron chi connectivity index (χ3n) is 0.957. The van der Waals surface area contributed by atoms with Gasteiger partial charge in [0.25, 0.3) is 0 Å². The van der Waals surface area contributed by atoms with Crippen molar-refractivity contribution in [3.05, 3.63) is 0 Å². The van der Waals surface area contributed by atoms with Gasteiger partial charge in [-0.25, -0.2) is 4.79 Å². The van der Waals surface area contributed by atoms with Gasteiger partial charge in [-0.3, -0.25) is 11.1 Å². The summed E-state index contributed by atoms with van der Waals surface area (Å²) in [4.78, 5) is 30.7. The fourth-order valence-electron chi connectivity index (χ4n) is 0.331. The minimum Gasteiger partial charge on any atom is -0.541 e. The zero-order valence-corrected chi connectivity index (χ0v) is 9.05. The average molecular weight is 327 g/mol. The van der Waals surface area contributed by atoms with E-state index in [0.29, 0.717) is 0 Å². The molecule has 0 saturated carbocycles. The number of ketones is 1. The molecule has 0 amide bonds. The molecule has 62 valence electrons. The van der Waals surface area contributed by atoms with E-state index in [1.54, 1.807) is 0 Å². The third-order valence-corrected chi connectivity index (χ3v) is 0.957. The van der Waals surface area contributed by atoms with Crippen LogP contribution in [0.25, 0.3) is 0 Å². The Balaban J connectivity index is 0. The normalized spacial score (nSPS) is 10.7. The minimum absolute atomic E-state index is 0. The fourth-order valence-corrected chi connectivity index (χ4v) is 0.331. The number of carbonyl (C=O) groups excluding carboxylic acids is 3. The zero-order valence-electron chi connectivity index (χ0n) is 6.12. The van der Waals surface area contributed by atoms with Crippen molar-refractivity contribution in [2.75, 3.05) is 7.11 Å². The van der Waals surface area contributed by atoms with Gasteiger partial charge in [0, 0.05) is 21.1 Å². The average Bonchev–Trinajstić information content (AvgIpc) is 2.00. The van der Waals surface area contributed by atoms with Gasteiger partial charge in [-0.15, -0.1) is 0 Å². The fraction of sp³-hybridized carbons (Fsp3) is 0.500. The summed E-state index contributed by atoms with van der Waals surface area (Å²) in [6, 6.07) is 0. The minimum atomic E-state index is -1.02. The number of methoxy groups -OCH3 is 1. The first kappa shape index (κ1) is 13.1. The van der Waals surface area contributed by atoms with Crippen LogP contribution in [0.3, 0.4) is 0 Å². The van der Waals surface area contributed by atoms with Gasteiger partial charge in [0.15, 0.2) is 0 Å². The van der Waals surface area contributed by atoms with Crippen molar-refractivity contribution < 1.29 is 40.2 Å². The van der Waals surface area contributed by atoms with Crippen LogP contribution >= 0.6 is 0 Å². The monoisotopic (exact) mass is 327 g/mol. The first-order chi connectivity index (χ1) is 4.63. The molecular weight excluding hydrogens is 320 g/mol. The van der Waals surface area contributed by atoms with Gasteiger partial charge >= 0.3 is 5.97 Å². The molecule has 0 bridgehead atoms. The molecule has 0 fully saturated rings. The van der Waals surface area contributed by atoms with Crippen LogP contribution in [-0.4, -0.2) is 25.1 Å². The molecule has 4 nitrogen and oxygen atoms in total. The summed E-state index contributed by atoms with van der Waals surface area (Å²) in [5.41, 5.74) is 0. The van der Waals surface area contributed by atoms with E-state index in [1.165, 1.54) is 13.2 Å². The SMILES string of the molecule is COC(=O)C(=O)C(C)[C-]=O.[W]. The maximum atomic E-state index is 10.6. The summed E-state index contributed by atoms with van der Waals surface area (Å²) >= 11 is 0. The van der Waals surface area contributed by atoms with Gasteiger partial charge in [-0.05, 0) is 0 Å². The molecule has 0 aliphatic rings. The second-order valence-electron chi connectivity index (χ2n) is 1.70. The van der Waals surface area contributed by atoms with Crippen molar-refractivity contribution in [2.45, 2.75) is 6.92 Å². The van der Waals surface area contributed by atoms with E-state index >= 15 is 0 Å². The summed E-state index contributed by atoms with van der Waals surface area (Å²) in [6.45, 7) is 1.28. The van der Waals surface area contributed by atoms with E-state index in [1.807, 2.05) is 0 Å². The smallest absolute Gasteiger partial charge is 0.372 e. The molecular formula is C6H7O4W-. The van der Waals surface area contributed by atoms with E-state index in [9.17, 15) is 14.4 Å². The predicted octanol–water partition coefficient (Wildman–Crippen LogP) is -0.528. The quantitative estimate of drug-likeness (QED) is 0.303. The number of hydrogen-bond donors (Lipinski definition) is 0. The van der Waals surface area contributed by atoms with E-state index in [2.05, 4.69) is 4.74 Å². The van der Waals surface area contributed by atoms with Gasteiger partial charge in [0.05, 0.1) is 7.11 Å². The molecule has 0 aliphatic heterocycles. The van der Waals surface area contributed by atoms with Crippen LogP contribution in [0.1, 0.15) is 6.92 Å². The van der Waals surface area contributed by atoms with Crippen LogP contribution in [-0.2, 0) is 40.2 Å². The molecule has 0 rings (SSSR count). The van der Waals surface area contributed by atoms with E-state index in [0.717, 1.165) is 7.11 Å². The molecule has 0 aromatic rings. The Morgan fingerprint density at radius 1 is 1.45 bits per heavy atom. The molecule has 11 heavy (non-hydrogen) atoms. The number of ether oxygens (including phenoxy) is 1. The van der Waals surface area contributed by atoms with Crippen LogP contribution in [0.2, 0.25) is 0 Å². The Morgan fingerprint density at radius 2 is 1.91 bits per heavy atom. The molecule has 0 heterocycles. The molecule has 0 N–H and O–H groups in total. The molecule has 0 aromatic heterocycles. The Kier molecular flexibility index (Phi) is 7.42. The molecule has 0 spiro atoms. The van der Waals surface area contributed by atoms with E-state index < -0.39 is 17.7 Å². The topological polar surface area (TPSA) is 60.4 Å². The number of hydrogen-bond acceptors (Lipinski definition) is 4. The maximum absolute atomic E-state index is 10.6. The summed E-state index contributed by atoms with van der Waals surface area (Å²) < 4.78 is 4.07. The zero-order chi connectivity index (χ0) is 8.15. The second-order valence-corrected chi connectivity index (χ2v) is 1.70. The van der Waals surface area contributed by atoms with Crippen LogP contribution in [0.4, 0.5) is 0 Å². The third kappa shape index (κ3) is 4.04.